The topological polar surface area (TPSA) is 91.4 Å². The van der Waals surface area contributed by atoms with E-state index in [1.54, 1.807) is 0 Å². The molecule has 0 spiro atoms. The third-order valence-corrected chi connectivity index (χ3v) is 4.65. The molecule has 0 aliphatic carbocycles. The summed E-state index contributed by atoms with van der Waals surface area (Å²) in [6.07, 6.45) is 0.534. The van der Waals surface area contributed by atoms with Crippen molar-refractivity contribution in [3.8, 4) is 0 Å². The fourth-order valence-electron chi connectivity index (χ4n) is 3.56. The first-order valence-corrected chi connectivity index (χ1v) is 9.95. The third-order valence-electron chi connectivity index (χ3n) is 4.65. The number of amides is 2. The van der Waals surface area contributed by atoms with Gasteiger partial charge in [-0.1, -0.05) is 24.3 Å². The number of rotatable bonds is 6. The van der Waals surface area contributed by atoms with Crippen molar-refractivity contribution in [2.75, 3.05) is 18.5 Å². The van der Waals surface area contributed by atoms with Crippen LogP contribution in [-0.2, 0) is 17.8 Å². The van der Waals surface area contributed by atoms with Gasteiger partial charge in [-0.25, -0.2) is 20.2 Å². The van der Waals surface area contributed by atoms with Gasteiger partial charge in [-0.3, -0.25) is 10.3 Å². The molecule has 1 aromatic carbocycles. The molecule has 2 atom stereocenters. The van der Waals surface area contributed by atoms with Gasteiger partial charge < -0.3 is 10.1 Å². The SMILES string of the molecule is Cc1cc(C)nc(NNC(=O)NCc2ccc(CN3C[C@@H](C)O[C@H](C)C3)cc2)n1. The highest BCUT2D eigenvalue weighted by atomic mass is 16.5. The maximum Gasteiger partial charge on any atom is 0.333 e. The number of anilines is 1. The number of carbonyl (C=O) groups is 1. The Bertz CT molecular complexity index is 796. The van der Waals surface area contributed by atoms with Crippen molar-refractivity contribution >= 4 is 12.0 Å². The summed E-state index contributed by atoms with van der Waals surface area (Å²) in [7, 11) is 0. The Morgan fingerprint density at radius 2 is 1.66 bits per heavy atom. The number of morpholine rings is 1. The maximum atomic E-state index is 12.0. The number of nitrogens with zero attached hydrogens (tertiary/aromatic N) is 3. The fraction of sp³-hybridized carbons (Fsp3) is 0.476. The number of nitrogens with one attached hydrogen (secondary N) is 3. The van der Waals surface area contributed by atoms with E-state index < -0.39 is 0 Å². The molecule has 1 aliphatic rings. The van der Waals surface area contributed by atoms with Gasteiger partial charge in [0.25, 0.3) is 0 Å². The van der Waals surface area contributed by atoms with Crippen LogP contribution in [0.2, 0.25) is 0 Å². The van der Waals surface area contributed by atoms with E-state index in [1.165, 1.54) is 5.56 Å². The standard InChI is InChI=1S/C21H30N6O2/c1-14-9-15(2)24-20(23-14)25-26-21(28)22-10-18-5-7-19(8-6-18)13-27-11-16(3)29-17(4)12-27/h5-9,16-17H,10-13H2,1-4H3,(H2,22,26,28)(H,23,24,25)/t16-,17-/m1/s1. The van der Waals surface area contributed by atoms with Crippen molar-refractivity contribution < 1.29 is 9.53 Å². The number of hydrogen-bond acceptors (Lipinski definition) is 6. The summed E-state index contributed by atoms with van der Waals surface area (Å²) >= 11 is 0. The van der Waals surface area contributed by atoms with Gasteiger partial charge in [-0.15, -0.1) is 0 Å². The summed E-state index contributed by atoms with van der Waals surface area (Å²) in [5.74, 6) is 0.369. The van der Waals surface area contributed by atoms with Crippen molar-refractivity contribution in [3.05, 3.63) is 52.8 Å². The highest BCUT2D eigenvalue weighted by molar-refractivity contribution is 5.74. The van der Waals surface area contributed by atoms with Crippen molar-refractivity contribution in [1.82, 2.24) is 25.6 Å². The number of benzene rings is 1. The van der Waals surface area contributed by atoms with E-state index in [4.69, 9.17) is 4.74 Å². The van der Waals surface area contributed by atoms with Crippen LogP contribution in [-0.4, -0.2) is 46.2 Å². The molecule has 0 unspecified atom stereocenters. The maximum absolute atomic E-state index is 12.0. The number of urea groups is 1. The number of hydrazine groups is 1. The van der Waals surface area contributed by atoms with Gasteiger partial charge in [-0.2, -0.15) is 0 Å². The highest BCUT2D eigenvalue weighted by Gasteiger charge is 2.21. The summed E-state index contributed by atoms with van der Waals surface area (Å²) in [6.45, 7) is 11.2. The zero-order valence-electron chi connectivity index (χ0n) is 17.5. The van der Waals surface area contributed by atoms with Gasteiger partial charge in [0.15, 0.2) is 0 Å². The molecule has 29 heavy (non-hydrogen) atoms. The van der Waals surface area contributed by atoms with E-state index >= 15 is 0 Å². The first-order valence-electron chi connectivity index (χ1n) is 9.95. The molecule has 8 nitrogen and oxygen atoms in total. The lowest BCUT2D eigenvalue weighted by Crippen LogP contribution is -2.44. The summed E-state index contributed by atoms with van der Waals surface area (Å²) in [5, 5.41) is 2.82. The van der Waals surface area contributed by atoms with Crippen LogP contribution in [0.1, 0.15) is 36.4 Å². The largest absolute Gasteiger partial charge is 0.373 e. The lowest BCUT2D eigenvalue weighted by Gasteiger charge is -2.35. The van der Waals surface area contributed by atoms with Gasteiger partial charge in [0.2, 0.25) is 5.95 Å². The molecule has 1 aromatic heterocycles. The molecule has 0 bridgehead atoms. The molecular weight excluding hydrogens is 368 g/mol. The number of carbonyl (C=O) groups excluding carboxylic acids is 1. The Balaban J connectivity index is 1.43. The summed E-state index contributed by atoms with van der Waals surface area (Å²) < 4.78 is 5.79. The predicted octanol–water partition coefficient (Wildman–Crippen LogP) is 2.53. The van der Waals surface area contributed by atoms with E-state index in [9.17, 15) is 4.79 Å². The van der Waals surface area contributed by atoms with Crippen molar-refractivity contribution in [1.29, 1.82) is 0 Å². The minimum Gasteiger partial charge on any atom is -0.373 e. The molecule has 8 heteroatoms. The average Bonchev–Trinajstić information content (AvgIpc) is 2.64. The van der Waals surface area contributed by atoms with E-state index in [0.29, 0.717) is 12.5 Å². The molecule has 1 aliphatic heterocycles. The molecule has 3 rings (SSSR count). The molecular formula is C21H30N6O2. The van der Waals surface area contributed by atoms with Gasteiger partial charge in [-0.05, 0) is 44.9 Å². The lowest BCUT2D eigenvalue weighted by atomic mass is 10.1. The molecule has 1 fully saturated rings. The van der Waals surface area contributed by atoms with Crippen molar-refractivity contribution in [3.63, 3.8) is 0 Å². The Kier molecular flexibility index (Phi) is 7.00. The Morgan fingerprint density at radius 1 is 1.07 bits per heavy atom. The van der Waals surface area contributed by atoms with Gasteiger partial charge in [0.05, 0.1) is 12.2 Å². The Hall–Kier alpha value is -2.71. The number of hydrogen-bond donors (Lipinski definition) is 3. The monoisotopic (exact) mass is 398 g/mol. The van der Waals surface area contributed by atoms with E-state index in [0.717, 1.165) is 36.6 Å². The van der Waals surface area contributed by atoms with Crippen LogP contribution in [0.5, 0.6) is 0 Å². The van der Waals surface area contributed by atoms with Gasteiger partial charge in [0.1, 0.15) is 0 Å². The second-order valence-corrected chi connectivity index (χ2v) is 7.67. The number of aromatic nitrogens is 2. The van der Waals surface area contributed by atoms with E-state index in [2.05, 4.69) is 57.0 Å². The molecule has 2 heterocycles. The smallest absolute Gasteiger partial charge is 0.333 e. The molecule has 2 aromatic rings. The average molecular weight is 399 g/mol. The second-order valence-electron chi connectivity index (χ2n) is 7.67. The summed E-state index contributed by atoms with van der Waals surface area (Å²) in [6, 6.07) is 9.85. The lowest BCUT2D eigenvalue weighted by molar-refractivity contribution is -0.0704. The summed E-state index contributed by atoms with van der Waals surface area (Å²) in [4.78, 5) is 22.8. The number of aryl methyl sites for hydroxylation is 2. The fourth-order valence-corrected chi connectivity index (χ4v) is 3.56. The summed E-state index contributed by atoms with van der Waals surface area (Å²) in [5.41, 5.74) is 9.25. The zero-order chi connectivity index (χ0) is 20.8. The molecule has 156 valence electrons. The minimum absolute atomic E-state index is 0.267. The predicted molar refractivity (Wildman–Crippen MR) is 112 cm³/mol. The third kappa shape index (κ3) is 6.69. The van der Waals surface area contributed by atoms with Crippen LogP contribution in [0.15, 0.2) is 30.3 Å². The van der Waals surface area contributed by atoms with Crippen molar-refractivity contribution in [2.45, 2.75) is 53.0 Å². The normalized spacial score (nSPS) is 19.6. The van der Waals surface area contributed by atoms with E-state index in [-0.39, 0.29) is 18.2 Å². The Morgan fingerprint density at radius 3 is 2.28 bits per heavy atom. The second kappa shape index (κ2) is 9.67. The van der Waals surface area contributed by atoms with Crippen LogP contribution in [0.4, 0.5) is 10.7 Å². The van der Waals surface area contributed by atoms with Crippen LogP contribution in [0.25, 0.3) is 0 Å². The molecule has 1 saturated heterocycles. The first kappa shape index (κ1) is 21.0. The molecule has 3 N–H and O–H groups in total. The van der Waals surface area contributed by atoms with Crippen LogP contribution >= 0.6 is 0 Å². The highest BCUT2D eigenvalue weighted by Crippen LogP contribution is 2.14. The van der Waals surface area contributed by atoms with Crippen LogP contribution in [0.3, 0.4) is 0 Å². The van der Waals surface area contributed by atoms with Crippen molar-refractivity contribution in [2.24, 2.45) is 0 Å². The van der Waals surface area contributed by atoms with E-state index in [1.807, 2.05) is 32.0 Å². The van der Waals surface area contributed by atoms with Gasteiger partial charge >= 0.3 is 6.03 Å². The molecule has 0 radical (unpaired) electrons. The number of ether oxygens (including phenoxy) is 1. The van der Waals surface area contributed by atoms with Gasteiger partial charge in [0, 0.05) is 37.6 Å². The van der Waals surface area contributed by atoms with Crippen LogP contribution < -0.4 is 16.2 Å². The first-order chi connectivity index (χ1) is 13.9. The minimum atomic E-state index is -0.340. The quantitative estimate of drug-likeness (QED) is 0.648. The Labute approximate surface area is 172 Å². The van der Waals surface area contributed by atoms with Crippen LogP contribution in [0, 0.1) is 13.8 Å². The molecule has 0 saturated carbocycles. The molecule has 2 amide bonds. The zero-order valence-corrected chi connectivity index (χ0v) is 17.5.